The van der Waals surface area contributed by atoms with Crippen LogP contribution in [-0.4, -0.2) is 44.9 Å². The first-order chi connectivity index (χ1) is 12.5. The summed E-state index contributed by atoms with van der Waals surface area (Å²) in [5, 5.41) is 9.26. The molecule has 2 unspecified atom stereocenters. The van der Waals surface area contributed by atoms with Crippen molar-refractivity contribution >= 4 is 22.9 Å². The van der Waals surface area contributed by atoms with E-state index in [4.69, 9.17) is 0 Å². The normalized spacial score (nSPS) is 23.3. The zero-order valence-electron chi connectivity index (χ0n) is 15.1. The number of carboxylic acid groups (broad SMARTS) is 1. The Morgan fingerprint density at radius 3 is 2.81 bits per heavy atom. The van der Waals surface area contributed by atoms with Crippen molar-refractivity contribution in [1.29, 1.82) is 0 Å². The predicted octanol–water partition coefficient (Wildman–Crippen LogP) is 2.76. The first-order valence-electron chi connectivity index (χ1n) is 9.45. The van der Waals surface area contributed by atoms with Gasteiger partial charge in [-0.3, -0.25) is 9.59 Å². The summed E-state index contributed by atoms with van der Waals surface area (Å²) >= 11 is 0. The predicted molar refractivity (Wildman–Crippen MR) is 97.7 cm³/mol. The van der Waals surface area contributed by atoms with Gasteiger partial charge in [0, 0.05) is 31.8 Å². The summed E-state index contributed by atoms with van der Waals surface area (Å²) in [6.07, 6.45) is 3.60. The summed E-state index contributed by atoms with van der Waals surface area (Å²) < 4.78 is 0. The van der Waals surface area contributed by atoms with E-state index in [2.05, 4.69) is 16.0 Å². The number of hydrogen-bond donors (Lipinski definition) is 2. The van der Waals surface area contributed by atoms with E-state index in [0.29, 0.717) is 19.5 Å². The number of fused-ring (bicyclic) bond motifs is 1. The molecule has 2 fully saturated rings. The van der Waals surface area contributed by atoms with Gasteiger partial charge in [0.1, 0.15) is 5.82 Å². The standard InChI is InChI=1S/C20H25N3O3/c1-12-2-5-16-17(8-12)22-18(21-16)9-15-11-23(20(26)13-3-4-13)7-6-14(15)10-19(24)25/h2,5,8,13-15H,3-4,6-7,9-11H2,1H3,(H,21,22)(H,24,25). The number of H-pyrrole nitrogens is 1. The van der Waals surface area contributed by atoms with E-state index in [0.717, 1.165) is 36.1 Å². The Morgan fingerprint density at radius 2 is 2.08 bits per heavy atom. The number of amides is 1. The van der Waals surface area contributed by atoms with E-state index in [-0.39, 0.29) is 30.1 Å². The van der Waals surface area contributed by atoms with Crippen LogP contribution >= 0.6 is 0 Å². The molecule has 2 N–H and O–H groups in total. The summed E-state index contributed by atoms with van der Waals surface area (Å²) in [5.41, 5.74) is 3.12. The summed E-state index contributed by atoms with van der Waals surface area (Å²) in [4.78, 5) is 33.7. The topological polar surface area (TPSA) is 86.3 Å². The molecule has 1 aliphatic heterocycles. The van der Waals surface area contributed by atoms with Crippen LogP contribution < -0.4 is 0 Å². The monoisotopic (exact) mass is 355 g/mol. The molecule has 2 aromatic rings. The first kappa shape index (κ1) is 17.1. The van der Waals surface area contributed by atoms with Crippen molar-refractivity contribution in [2.24, 2.45) is 17.8 Å². The number of likely N-dealkylation sites (tertiary alicyclic amines) is 1. The van der Waals surface area contributed by atoms with Crippen LogP contribution in [0.25, 0.3) is 11.0 Å². The number of aryl methyl sites for hydroxylation is 1. The number of nitrogens with one attached hydrogen (secondary N) is 1. The van der Waals surface area contributed by atoms with Crippen molar-refractivity contribution in [2.45, 2.75) is 39.0 Å². The minimum Gasteiger partial charge on any atom is -0.481 e. The fourth-order valence-electron chi connectivity index (χ4n) is 4.12. The number of aromatic amines is 1. The number of aromatic nitrogens is 2. The maximum atomic E-state index is 12.5. The van der Waals surface area contributed by atoms with Gasteiger partial charge in [-0.2, -0.15) is 0 Å². The number of piperidine rings is 1. The Hall–Kier alpha value is -2.37. The average Bonchev–Trinajstić information content (AvgIpc) is 3.36. The minimum atomic E-state index is -0.762. The molecule has 0 bridgehead atoms. The van der Waals surface area contributed by atoms with Crippen molar-refractivity contribution in [1.82, 2.24) is 14.9 Å². The van der Waals surface area contributed by atoms with Gasteiger partial charge in [0.15, 0.2) is 0 Å². The second-order valence-corrected chi connectivity index (χ2v) is 7.87. The summed E-state index contributed by atoms with van der Waals surface area (Å²) in [5.74, 6) is 0.800. The quantitative estimate of drug-likeness (QED) is 0.863. The molecule has 6 nitrogen and oxygen atoms in total. The number of nitrogens with zero attached hydrogens (tertiary/aromatic N) is 2. The van der Waals surface area contributed by atoms with E-state index in [9.17, 15) is 14.7 Å². The van der Waals surface area contributed by atoms with Gasteiger partial charge >= 0.3 is 5.97 Å². The third-order valence-corrected chi connectivity index (χ3v) is 5.71. The molecule has 0 radical (unpaired) electrons. The highest BCUT2D eigenvalue weighted by atomic mass is 16.4. The fourth-order valence-corrected chi connectivity index (χ4v) is 4.12. The van der Waals surface area contributed by atoms with E-state index >= 15 is 0 Å². The van der Waals surface area contributed by atoms with E-state index in [1.165, 1.54) is 5.56 Å². The number of carbonyl (C=O) groups is 2. The average molecular weight is 355 g/mol. The summed E-state index contributed by atoms with van der Waals surface area (Å²) in [7, 11) is 0. The molecule has 1 aromatic carbocycles. The molecule has 2 aliphatic rings. The smallest absolute Gasteiger partial charge is 0.303 e. The lowest BCUT2D eigenvalue weighted by Gasteiger charge is -2.38. The minimum absolute atomic E-state index is 0.0886. The van der Waals surface area contributed by atoms with Crippen molar-refractivity contribution in [3.63, 3.8) is 0 Å². The lowest BCUT2D eigenvalue weighted by molar-refractivity contribution is -0.140. The second-order valence-electron chi connectivity index (χ2n) is 7.87. The van der Waals surface area contributed by atoms with Gasteiger partial charge in [0.05, 0.1) is 11.0 Å². The number of carboxylic acids is 1. The molecule has 138 valence electrons. The molecular weight excluding hydrogens is 330 g/mol. The molecule has 1 aliphatic carbocycles. The van der Waals surface area contributed by atoms with Gasteiger partial charge < -0.3 is 15.0 Å². The fraction of sp³-hybridized carbons (Fsp3) is 0.550. The van der Waals surface area contributed by atoms with Crippen LogP contribution in [0.2, 0.25) is 0 Å². The second kappa shape index (κ2) is 6.74. The summed E-state index contributed by atoms with van der Waals surface area (Å²) in [6, 6.07) is 6.12. The SMILES string of the molecule is Cc1ccc2nc(CC3CN(C(=O)C4CC4)CCC3CC(=O)O)[nH]c2c1. The Balaban J connectivity index is 1.53. The van der Waals surface area contributed by atoms with Gasteiger partial charge in [-0.15, -0.1) is 0 Å². The number of carbonyl (C=O) groups excluding carboxylic acids is 1. The maximum absolute atomic E-state index is 12.5. The molecule has 4 rings (SSSR count). The van der Waals surface area contributed by atoms with Crippen LogP contribution in [0.5, 0.6) is 0 Å². The first-order valence-corrected chi connectivity index (χ1v) is 9.45. The maximum Gasteiger partial charge on any atom is 0.303 e. The Bertz CT molecular complexity index is 840. The Kier molecular flexibility index (Phi) is 4.42. The van der Waals surface area contributed by atoms with Crippen LogP contribution in [0.3, 0.4) is 0 Å². The van der Waals surface area contributed by atoms with Crippen LogP contribution in [-0.2, 0) is 16.0 Å². The Morgan fingerprint density at radius 1 is 1.27 bits per heavy atom. The molecule has 1 amide bonds. The Labute approximate surface area is 152 Å². The van der Waals surface area contributed by atoms with Gasteiger partial charge in [0.2, 0.25) is 5.91 Å². The largest absolute Gasteiger partial charge is 0.481 e. The molecule has 2 heterocycles. The van der Waals surface area contributed by atoms with Crippen molar-refractivity contribution in [3.05, 3.63) is 29.6 Å². The molecule has 1 aromatic heterocycles. The van der Waals surface area contributed by atoms with Gasteiger partial charge in [0.25, 0.3) is 0 Å². The van der Waals surface area contributed by atoms with Gasteiger partial charge in [-0.05, 0) is 55.7 Å². The zero-order valence-corrected chi connectivity index (χ0v) is 15.1. The van der Waals surface area contributed by atoms with Crippen molar-refractivity contribution < 1.29 is 14.7 Å². The van der Waals surface area contributed by atoms with Crippen LogP contribution in [0, 0.1) is 24.7 Å². The van der Waals surface area contributed by atoms with Gasteiger partial charge in [-0.1, -0.05) is 6.07 Å². The van der Waals surface area contributed by atoms with E-state index in [1.807, 2.05) is 24.0 Å². The third kappa shape index (κ3) is 3.59. The zero-order chi connectivity index (χ0) is 18.3. The molecule has 1 saturated heterocycles. The third-order valence-electron chi connectivity index (χ3n) is 5.71. The number of benzene rings is 1. The number of rotatable bonds is 5. The lowest BCUT2D eigenvalue weighted by Crippen LogP contribution is -2.45. The van der Waals surface area contributed by atoms with Crippen LogP contribution in [0.15, 0.2) is 18.2 Å². The molecule has 2 atom stereocenters. The highest BCUT2D eigenvalue weighted by molar-refractivity contribution is 5.81. The van der Waals surface area contributed by atoms with Crippen LogP contribution in [0.1, 0.15) is 37.1 Å². The molecular formula is C20H25N3O3. The highest BCUT2D eigenvalue weighted by Gasteiger charge is 2.38. The number of imidazole rings is 1. The summed E-state index contributed by atoms with van der Waals surface area (Å²) in [6.45, 7) is 3.37. The number of aliphatic carboxylic acids is 1. The van der Waals surface area contributed by atoms with Crippen molar-refractivity contribution in [3.8, 4) is 0 Å². The lowest BCUT2D eigenvalue weighted by atomic mass is 9.81. The van der Waals surface area contributed by atoms with Crippen LogP contribution in [0.4, 0.5) is 0 Å². The molecule has 6 heteroatoms. The number of hydrogen-bond acceptors (Lipinski definition) is 3. The molecule has 0 spiro atoms. The van der Waals surface area contributed by atoms with E-state index in [1.54, 1.807) is 0 Å². The molecule has 1 saturated carbocycles. The highest BCUT2D eigenvalue weighted by Crippen LogP contribution is 2.35. The van der Waals surface area contributed by atoms with E-state index < -0.39 is 5.97 Å². The molecule has 26 heavy (non-hydrogen) atoms. The van der Waals surface area contributed by atoms with Crippen molar-refractivity contribution in [2.75, 3.05) is 13.1 Å². The van der Waals surface area contributed by atoms with Gasteiger partial charge in [-0.25, -0.2) is 4.98 Å².